The number of H-pyrrole nitrogens is 1. The summed E-state index contributed by atoms with van der Waals surface area (Å²) in [5.41, 5.74) is 17.2. The smallest absolute Gasteiger partial charge is 0.335 e. The third kappa shape index (κ3) is 3.89. The van der Waals surface area contributed by atoms with Gasteiger partial charge in [-0.2, -0.15) is 0 Å². The van der Waals surface area contributed by atoms with Gasteiger partial charge in [0.15, 0.2) is 0 Å². The minimum Gasteiger partial charge on any atom is -0.478 e. The van der Waals surface area contributed by atoms with Gasteiger partial charge >= 0.3 is 5.97 Å². The van der Waals surface area contributed by atoms with Gasteiger partial charge in [0.05, 0.1) is 11.3 Å². The summed E-state index contributed by atoms with van der Waals surface area (Å²) >= 11 is 0. The molecule has 0 aliphatic rings. The molecular formula is C24H21N5O2. The number of nitrogens with one attached hydrogen (secondary N) is 3. The summed E-state index contributed by atoms with van der Waals surface area (Å²) in [4.78, 5) is 14.8. The Morgan fingerprint density at radius 2 is 1.55 bits per heavy atom. The zero-order valence-corrected chi connectivity index (χ0v) is 16.6. The van der Waals surface area contributed by atoms with Crippen LogP contribution in [-0.2, 0) is 6.42 Å². The number of amidine groups is 2. The fourth-order valence-corrected chi connectivity index (χ4v) is 3.69. The third-order valence-electron chi connectivity index (χ3n) is 5.26. The number of carbonyl (C=O) groups is 1. The van der Waals surface area contributed by atoms with Crippen LogP contribution in [-0.4, -0.2) is 27.7 Å². The second-order valence-corrected chi connectivity index (χ2v) is 7.33. The van der Waals surface area contributed by atoms with Gasteiger partial charge in [-0.25, -0.2) is 4.79 Å². The van der Waals surface area contributed by atoms with E-state index in [1.54, 1.807) is 36.4 Å². The van der Waals surface area contributed by atoms with Crippen molar-refractivity contribution in [1.29, 1.82) is 10.8 Å². The number of carboxylic acid groups (broad SMARTS) is 1. The lowest BCUT2D eigenvalue weighted by Crippen LogP contribution is -2.10. The molecule has 0 bridgehead atoms. The molecule has 7 heteroatoms. The predicted molar refractivity (Wildman–Crippen MR) is 122 cm³/mol. The summed E-state index contributed by atoms with van der Waals surface area (Å²) in [7, 11) is 0. The Morgan fingerprint density at radius 1 is 0.871 bits per heavy atom. The predicted octanol–water partition coefficient (Wildman–Crippen LogP) is 3.69. The van der Waals surface area contributed by atoms with E-state index < -0.39 is 5.97 Å². The largest absolute Gasteiger partial charge is 0.478 e. The minimum atomic E-state index is -0.966. The first-order chi connectivity index (χ1) is 14.8. The molecule has 8 N–H and O–H groups in total. The Bertz CT molecular complexity index is 1340. The first-order valence-electron chi connectivity index (χ1n) is 9.59. The molecule has 0 fully saturated rings. The van der Waals surface area contributed by atoms with Gasteiger partial charge in [-0.3, -0.25) is 10.8 Å². The second-order valence-electron chi connectivity index (χ2n) is 7.33. The van der Waals surface area contributed by atoms with Gasteiger partial charge in [-0.15, -0.1) is 0 Å². The maximum Gasteiger partial charge on any atom is 0.335 e. The van der Waals surface area contributed by atoms with E-state index in [2.05, 4.69) is 4.98 Å². The van der Waals surface area contributed by atoms with Crippen LogP contribution in [0.25, 0.3) is 22.2 Å². The highest BCUT2D eigenvalue weighted by Gasteiger charge is 2.16. The summed E-state index contributed by atoms with van der Waals surface area (Å²) in [6.45, 7) is 0. The molecule has 0 amide bonds. The van der Waals surface area contributed by atoms with Gasteiger partial charge in [-0.05, 0) is 34.9 Å². The molecule has 3 aromatic carbocycles. The van der Waals surface area contributed by atoms with Crippen molar-refractivity contribution < 1.29 is 9.90 Å². The number of nitrogens with two attached hydrogens (primary N) is 2. The first kappa shape index (κ1) is 19.9. The van der Waals surface area contributed by atoms with Gasteiger partial charge in [0.1, 0.15) is 11.7 Å². The molecule has 4 rings (SSSR count). The number of aromatic nitrogens is 1. The van der Waals surface area contributed by atoms with Crippen molar-refractivity contribution in [2.75, 3.05) is 0 Å². The van der Waals surface area contributed by atoms with Crippen LogP contribution in [0.5, 0.6) is 0 Å². The molecule has 1 aromatic heterocycles. The van der Waals surface area contributed by atoms with E-state index in [0.29, 0.717) is 17.5 Å². The Kier molecular flexibility index (Phi) is 5.00. The van der Waals surface area contributed by atoms with Crippen LogP contribution in [0.15, 0.2) is 66.7 Å². The van der Waals surface area contributed by atoms with Gasteiger partial charge in [0.2, 0.25) is 0 Å². The molecule has 0 aliphatic heterocycles. The average Bonchev–Trinajstić information content (AvgIpc) is 3.11. The zero-order valence-electron chi connectivity index (χ0n) is 16.6. The standard InChI is InChI=1S/C24H21N5O2/c25-22(26)15-6-4-14(5-7-15)21-19(11-13-2-1-3-17(10-13)24(30)31)18-9-8-16(23(27)28)12-20(18)29-21/h1-10,12,29H,11H2,(H3,25,26)(H3,27,28)(H,30,31). The molecule has 154 valence electrons. The first-order valence-corrected chi connectivity index (χ1v) is 9.59. The summed E-state index contributed by atoms with van der Waals surface area (Å²) in [6.07, 6.45) is 0.518. The van der Waals surface area contributed by atoms with Crippen LogP contribution in [0, 0.1) is 10.8 Å². The molecule has 4 aromatic rings. The lowest BCUT2D eigenvalue weighted by molar-refractivity contribution is 0.0696. The van der Waals surface area contributed by atoms with E-state index in [1.807, 2.05) is 30.3 Å². The van der Waals surface area contributed by atoms with Gasteiger partial charge < -0.3 is 21.6 Å². The van der Waals surface area contributed by atoms with Crippen LogP contribution in [0.3, 0.4) is 0 Å². The van der Waals surface area contributed by atoms with Crippen LogP contribution >= 0.6 is 0 Å². The van der Waals surface area contributed by atoms with Crippen molar-refractivity contribution >= 4 is 28.5 Å². The Morgan fingerprint density at radius 3 is 2.19 bits per heavy atom. The topological polar surface area (TPSA) is 153 Å². The second kappa shape index (κ2) is 7.79. The van der Waals surface area contributed by atoms with Gasteiger partial charge in [0.25, 0.3) is 0 Å². The highest BCUT2D eigenvalue weighted by atomic mass is 16.4. The normalized spacial score (nSPS) is 10.8. The molecular weight excluding hydrogens is 390 g/mol. The Labute approximate surface area is 178 Å². The van der Waals surface area contributed by atoms with Crippen molar-refractivity contribution in [3.05, 3.63) is 94.5 Å². The van der Waals surface area contributed by atoms with Crippen LogP contribution < -0.4 is 11.5 Å². The lowest BCUT2D eigenvalue weighted by Gasteiger charge is -2.08. The number of fused-ring (bicyclic) bond motifs is 1. The summed E-state index contributed by atoms with van der Waals surface area (Å²) < 4.78 is 0. The molecule has 0 unspecified atom stereocenters. The van der Waals surface area contributed by atoms with E-state index in [0.717, 1.165) is 33.3 Å². The lowest BCUT2D eigenvalue weighted by atomic mass is 9.96. The Balaban J connectivity index is 1.87. The molecule has 0 saturated carbocycles. The number of carboxylic acids is 1. The summed E-state index contributed by atoms with van der Waals surface area (Å²) in [5.74, 6) is -0.980. The maximum absolute atomic E-state index is 11.4. The number of rotatable bonds is 6. The quantitative estimate of drug-likeness (QED) is 0.212. The van der Waals surface area contributed by atoms with E-state index in [-0.39, 0.29) is 17.2 Å². The summed E-state index contributed by atoms with van der Waals surface area (Å²) in [5, 5.41) is 25.6. The highest BCUT2D eigenvalue weighted by molar-refractivity contribution is 6.01. The fourth-order valence-electron chi connectivity index (χ4n) is 3.69. The molecule has 7 nitrogen and oxygen atoms in total. The van der Waals surface area contributed by atoms with Crippen molar-refractivity contribution in [2.24, 2.45) is 11.5 Å². The molecule has 0 spiro atoms. The molecule has 31 heavy (non-hydrogen) atoms. The molecule has 0 radical (unpaired) electrons. The average molecular weight is 411 g/mol. The van der Waals surface area contributed by atoms with Crippen molar-refractivity contribution in [2.45, 2.75) is 6.42 Å². The van der Waals surface area contributed by atoms with Gasteiger partial charge in [0, 0.05) is 28.5 Å². The van der Waals surface area contributed by atoms with Crippen molar-refractivity contribution in [1.82, 2.24) is 4.98 Å². The minimum absolute atomic E-state index is 0.00000547. The monoisotopic (exact) mass is 411 g/mol. The number of nitrogen functional groups attached to an aromatic ring is 2. The Hall–Kier alpha value is -4.39. The fraction of sp³-hybridized carbons (Fsp3) is 0.0417. The van der Waals surface area contributed by atoms with E-state index in [9.17, 15) is 9.90 Å². The number of benzene rings is 3. The third-order valence-corrected chi connectivity index (χ3v) is 5.26. The number of aromatic amines is 1. The SMILES string of the molecule is N=C(N)c1ccc(-c2[nH]c3cc(C(=N)N)ccc3c2Cc2cccc(C(=O)O)c2)cc1. The van der Waals surface area contributed by atoms with Gasteiger partial charge in [-0.1, -0.05) is 48.5 Å². The van der Waals surface area contributed by atoms with Crippen molar-refractivity contribution in [3.63, 3.8) is 0 Å². The van der Waals surface area contributed by atoms with E-state index in [4.69, 9.17) is 22.3 Å². The van der Waals surface area contributed by atoms with Crippen LogP contribution in [0.1, 0.15) is 32.6 Å². The van der Waals surface area contributed by atoms with E-state index >= 15 is 0 Å². The maximum atomic E-state index is 11.4. The summed E-state index contributed by atoms with van der Waals surface area (Å²) in [6, 6.07) is 19.8. The zero-order chi connectivity index (χ0) is 22.1. The molecule has 1 heterocycles. The van der Waals surface area contributed by atoms with Crippen LogP contribution in [0.4, 0.5) is 0 Å². The van der Waals surface area contributed by atoms with E-state index in [1.165, 1.54) is 0 Å². The molecule has 0 saturated heterocycles. The number of aromatic carboxylic acids is 1. The molecule has 0 aliphatic carbocycles. The highest BCUT2D eigenvalue weighted by Crippen LogP contribution is 2.33. The molecule has 0 atom stereocenters. The number of hydrogen-bond acceptors (Lipinski definition) is 3. The van der Waals surface area contributed by atoms with Crippen molar-refractivity contribution in [3.8, 4) is 11.3 Å². The van der Waals surface area contributed by atoms with Crippen LogP contribution in [0.2, 0.25) is 0 Å². The number of hydrogen-bond donors (Lipinski definition) is 6.